The first-order valence-corrected chi connectivity index (χ1v) is 17.9. The van der Waals surface area contributed by atoms with Crippen molar-refractivity contribution in [3.63, 3.8) is 0 Å². The van der Waals surface area contributed by atoms with Crippen LogP contribution < -0.4 is 4.74 Å². The summed E-state index contributed by atoms with van der Waals surface area (Å²) in [6.07, 6.45) is 4.75. The van der Waals surface area contributed by atoms with Crippen LogP contribution in [0.3, 0.4) is 0 Å². The van der Waals surface area contributed by atoms with E-state index in [-0.39, 0.29) is 30.6 Å². The molecule has 53 heavy (non-hydrogen) atoms. The van der Waals surface area contributed by atoms with Crippen LogP contribution >= 0.6 is 0 Å². The number of carbonyl (C=O) groups is 3. The molecule has 5 aromatic rings. The molecule has 0 aliphatic heterocycles. The van der Waals surface area contributed by atoms with Crippen LogP contribution in [0.4, 0.5) is 0 Å². The minimum Gasteiger partial charge on any atom is -0.469 e. The Morgan fingerprint density at radius 1 is 0.811 bits per heavy atom. The van der Waals surface area contributed by atoms with Crippen molar-refractivity contribution in [3.05, 3.63) is 130 Å². The van der Waals surface area contributed by atoms with Gasteiger partial charge in [0.15, 0.2) is 17.2 Å². The van der Waals surface area contributed by atoms with Gasteiger partial charge in [-0.3, -0.25) is 23.7 Å². The molecule has 2 aromatic carbocycles. The lowest BCUT2D eigenvalue weighted by molar-refractivity contribution is -0.132. The van der Waals surface area contributed by atoms with Crippen LogP contribution in [0, 0.1) is 5.41 Å². The van der Waals surface area contributed by atoms with Crippen LogP contribution in [0.5, 0.6) is 5.88 Å². The quantitative estimate of drug-likeness (QED) is 0.0885. The van der Waals surface area contributed by atoms with Crippen molar-refractivity contribution in [1.29, 1.82) is 0 Å². The molecule has 0 fully saturated rings. The molecule has 10 nitrogen and oxygen atoms in total. The number of rotatable bonds is 14. The lowest BCUT2D eigenvalue weighted by Gasteiger charge is -2.33. The van der Waals surface area contributed by atoms with Gasteiger partial charge in [-0.1, -0.05) is 74.5 Å². The summed E-state index contributed by atoms with van der Waals surface area (Å²) in [6, 6.07) is 24.1. The zero-order valence-corrected chi connectivity index (χ0v) is 31.6. The molecule has 0 N–H and O–H groups in total. The fraction of sp³-hybridized carbons (Fsp3) is 0.326. The molecule has 3 heterocycles. The van der Waals surface area contributed by atoms with Gasteiger partial charge < -0.3 is 14.1 Å². The number of imidazole rings is 1. The standard InChI is InChI=1S/C43H47N5O5/c1-28-29(2)40(51)38(30(3)39(28)50)43(4,5)25-37(49)47(7)21-20-46(6)27-53-42-35(24-33-19-14-22-52-33)45-41-34(23-31-15-10-8-11-16-31)44-36(26-48(41)42)32-17-12-9-13-18-32/h8-19,22,26H,20-21,23-25,27H2,1-7H3. The number of nitrogens with zero attached hydrogens (tertiary/aromatic N) is 5. The van der Waals surface area contributed by atoms with Crippen molar-refractivity contribution >= 4 is 23.1 Å². The average Bonchev–Trinajstić information content (AvgIpc) is 3.79. The Labute approximate surface area is 310 Å². The van der Waals surface area contributed by atoms with Crippen molar-refractivity contribution in [1.82, 2.24) is 24.2 Å². The predicted octanol–water partition coefficient (Wildman–Crippen LogP) is 7.12. The summed E-state index contributed by atoms with van der Waals surface area (Å²) >= 11 is 0. The number of ether oxygens (including phenoxy) is 1. The van der Waals surface area contributed by atoms with Crippen molar-refractivity contribution in [2.75, 3.05) is 33.9 Å². The molecule has 0 bridgehead atoms. The number of hydrogen-bond acceptors (Lipinski definition) is 8. The van der Waals surface area contributed by atoms with Crippen LogP contribution in [0.25, 0.3) is 16.9 Å². The largest absolute Gasteiger partial charge is 0.469 e. The van der Waals surface area contributed by atoms with Gasteiger partial charge in [0.1, 0.15) is 18.2 Å². The Bertz CT molecular complexity index is 2200. The van der Waals surface area contributed by atoms with E-state index < -0.39 is 5.41 Å². The molecule has 1 aliphatic carbocycles. The number of likely N-dealkylation sites (N-methyl/N-ethyl adjacent to an activating group) is 2. The van der Waals surface area contributed by atoms with E-state index in [1.807, 2.05) is 97.1 Å². The first kappa shape index (κ1) is 37.2. The topological polar surface area (TPSA) is 110 Å². The Morgan fingerprint density at radius 3 is 2.17 bits per heavy atom. The van der Waals surface area contributed by atoms with Crippen LogP contribution in [0.1, 0.15) is 63.8 Å². The normalized spacial score (nSPS) is 13.8. The molecule has 1 aliphatic rings. The zero-order valence-electron chi connectivity index (χ0n) is 31.6. The minimum atomic E-state index is -0.806. The molecule has 1 amide bonds. The van der Waals surface area contributed by atoms with Crippen LogP contribution in [-0.2, 0) is 27.2 Å². The number of fused-ring (bicyclic) bond motifs is 1. The molecule has 3 aromatic heterocycles. The van der Waals surface area contributed by atoms with Crippen LogP contribution in [0.2, 0.25) is 0 Å². The molecule has 10 heteroatoms. The van der Waals surface area contributed by atoms with E-state index in [1.165, 1.54) is 0 Å². The molecular formula is C43H47N5O5. The summed E-state index contributed by atoms with van der Waals surface area (Å²) in [5.74, 6) is 0.962. The number of carbonyl (C=O) groups excluding carboxylic acids is 3. The van der Waals surface area contributed by atoms with Gasteiger partial charge in [-0.2, -0.15) is 0 Å². The molecule has 6 rings (SSSR count). The monoisotopic (exact) mass is 713 g/mol. The predicted molar refractivity (Wildman–Crippen MR) is 204 cm³/mol. The first-order chi connectivity index (χ1) is 25.3. The highest BCUT2D eigenvalue weighted by molar-refractivity contribution is 6.25. The summed E-state index contributed by atoms with van der Waals surface area (Å²) in [6.45, 7) is 9.96. The molecular weight excluding hydrogens is 667 g/mol. The summed E-state index contributed by atoms with van der Waals surface area (Å²) in [7, 11) is 3.70. The maximum absolute atomic E-state index is 13.5. The smallest absolute Gasteiger partial charge is 0.223 e. The molecule has 0 radical (unpaired) electrons. The Kier molecular flexibility index (Phi) is 10.9. The van der Waals surface area contributed by atoms with Crippen molar-refractivity contribution in [2.45, 2.75) is 53.9 Å². The lowest BCUT2D eigenvalue weighted by atomic mass is 9.71. The highest BCUT2D eigenvalue weighted by atomic mass is 16.5. The van der Waals surface area contributed by atoms with Gasteiger partial charge in [-0.05, 0) is 45.5 Å². The van der Waals surface area contributed by atoms with Crippen LogP contribution in [-0.4, -0.2) is 75.6 Å². The first-order valence-electron chi connectivity index (χ1n) is 17.9. The Hall–Kier alpha value is -5.61. The zero-order chi connectivity index (χ0) is 37.9. The number of aromatic nitrogens is 3. The van der Waals surface area contributed by atoms with Crippen molar-refractivity contribution < 1.29 is 23.5 Å². The van der Waals surface area contributed by atoms with Gasteiger partial charge >= 0.3 is 0 Å². The van der Waals surface area contributed by atoms with Gasteiger partial charge in [-0.25, -0.2) is 9.97 Å². The highest BCUT2D eigenvalue weighted by Gasteiger charge is 2.38. The van der Waals surface area contributed by atoms with Crippen molar-refractivity contribution in [3.8, 4) is 17.1 Å². The summed E-state index contributed by atoms with van der Waals surface area (Å²) in [4.78, 5) is 53.4. The SMILES string of the molecule is CC1=C(C)C(=O)C(C(C)(C)CC(=O)N(C)CCN(C)COc2c(Cc3ccco3)nc3c(Cc4ccccc4)nc(-c4ccccc4)cn23)=C(C)C1=O. The number of allylic oxidation sites excluding steroid dienone is 4. The van der Waals surface area contributed by atoms with E-state index in [1.54, 1.807) is 39.0 Å². The maximum Gasteiger partial charge on any atom is 0.223 e. The molecule has 0 spiro atoms. The van der Waals surface area contributed by atoms with E-state index in [2.05, 4.69) is 12.1 Å². The molecule has 0 saturated carbocycles. The molecule has 0 saturated heterocycles. The summed E-state index contributed by atoms with van der Waals surface area (Å²) in [5, 5.41) is 0. The van der Waals surface area contributed by atoms with Crippen molar-refractivity contribution in [2.24, 2.45) is 5.41 Å². The number of ketones is 2. The Morgan fingerprint density at radius 2 is 1.49 bits per heavy atom. The average molecular weight is 714 g/mol. The number of hydrogen-bond donors (Lipinski definition) is 0. The van der Waals surface area contributed by atoms with E-state index in [4.69, 9.17) is 19.1 Å². The van der Waals surface area contributed by atoms with Gasteiger partial charge in [0.25, 0.3) is 0 Å². The van der Waals surface area contributed by atoms with Gasteiger partial charge in [0.2, 0.25) is 11.8 Å². The number of Topliss-reactive ketones (excluding diaryl/α,β-unsaturated/α-hetero) is 2. The van der Waals surface area contributed by atoms with E-state index >= 15 is 0 Å². The molecule has 0 atom stereocenters. The highest BCUT2D eigenvalue weighted by Crippen LogP contribution is 2.39. The number of furan rings is 1. The van der Waals surface area contributed by atoms with E-state index in [0.717, 1.165) is 34.0 Å². The number of amides is 1. The number of benzene rings is 2. The van der Waals surface area contributed by atoms with Gasteiger partial charge in [0.05, 0.1) is 24.1 Å². The lowest BCUT2D eigenvalue weighted by Crippen LogP contribution is -2.39. The summed E-state index contributed by atoms with van der Waals surface area (Å²) in [5.41, 5.74) is 6.14. The second-order valence-electron chi connectivity index (χ2n) is 14.6. The van der Waals surface area contributed by atoms with E-state index in [9.17, 15) is 14.4 Å². The fourth-order valence-corrected chi connectivity index (χ4v) is 6.83. The third kappa shape index (κ3) is 8.08. The second-order valence-corrected chi connectivity index (χ2v) is 14.6. The minimum absolute atomic E-state index is 0.1000. The maximum atomic E-state index is 13.5. The molecule has 274 valence electrons. The third-order valence-electron chi connectivity index (χ3n) is 10.0. The second kappa shape index (κ2) is 15.6. The Balaban J connectivity index is 1.20. The summed E-state index contributed by atoms with van der Waals surface area (Å²) < 4.78 is 14.3. The van der Waals surface area contributed by atoms with Gasteiger partial charge in [0, 0.05) is 72.4 Å². The van der Waals surface area contributed by atoms with Crippen LogP contribution in [0.15, 0.2) is 112 Å². The fourth-order valence-electron chi connectivity index (χ4n) is 6.83. The third-order valence-corrected chi connectivity index (χ3v) is 10.0. The molecule has 0 unspecified atom stereocenters. The van der Waals surface area contributed by atoms with E-state index in [0.29, 0.717) is 59.8 Å². The van der Waals surface area contributed by atoms with Gasteiger partial charge in [-0.15, -0.1) is 0 Å².